The zero-order valence-electron chi connectivity index (χ0n) is 12.2. The molecule has 2 amide bonds. The van der Waals surface area contributed by atoms with E-state index < -0.39 is 0 Å². The Bertz CT molecular complexity index is 682. The van der Waals surface area contributed by atoms with Gasteiger partial charge in [0.15, 0.2) is 0 Å². The SMILES string of the molecule is CNC(=O)c1cn[nH]c1C1CCCN1C(=O)c1cccnc1. The number of carbonyl (C=O) groups is 2. The van der Waals surface area contributed by atoms with Gasteiger partial charge in [-0.25, -0.2) is 0 Å². The van der Waals surface area contributed by atoms with Gasteiger partial charge in [0.1, 0.15) is 0 Å². The normalized spacial score (nSPS) is 17.5. The molecule has 1 aliphatic rings. The molecule has 22 heavy (non-hydrogen) atoms. The highest BCUT2D eigenvalue weighted by Gasteiger charge is 2.34. The Morgan fingerprint density at radius 3 is 3.00 bits per heavy atom. The van der Waals surface area contributed by atoms with Crippen LogP contribution >= 0.6 is 0 Å². The smallest absolute Gasteiger partial charge is 0.255 e. The Hall–Kier alpha value is -2.70. The average molecular weight is 299 g/mol. The third kappa shape index (κ3) is 2.45. The van der Waals surface area contributed by atoms with Gasteiger partial charge in [0.25, 0.3) is 11.8 Å². The summed E-state index contributed by atoms with van der Waals surface area (Å²) in [6, 6.07) is 3.32. The van der Waals surface area contributed by atoms with Crippen molar-refractivity contribution in [3.05, 3.63) is 47.5 Å². The molecule has 2 N–H and O–H groups in total. The summed E-state index contributed by atoms with van der Waals surface area (Å²) in [6.45, 7) is 0.657. The summed E-state index contributed by atoms with van der Waals surface area (Å²) in [5.74, 6) is -0.280. The van der Waals surface area contributed by atoms with E-state index in [2.05, 4.69) is 20.5 Å². The molecule has 7 nitrogen and oxygen atoms in total. The number of aromatic nitrogens is 3. The van der Waals surface area contributed by atoms with Crippen molar-refractivity contribution >= 4 is 11.8 Å². The third-order valence-corrected chi connectivity index (χ3v) is 3.90. The predicted molar refractivity (Wildman–Crippen MR) is 79.2 cm³/mol. The maximum Gasteiger partial charge on any atom is 0.255 e. The molecule has 0 bridgehead atoms. The minimum atomic E-state index is -0.204. The number of amides is 2. The van der Waals surface area contributed by atoms with Crippen LogP contribution in [0.5, 0.6) is 0 Å². The van der Waals surface area contributed by atoms with E-state index in [1.807, 2.05) is 0 Å². The van der Waals surface area contributed by atoms with Gasteiger partial charge in [-0.2, -0.15) is 5.10 Å². The van der Waals surface area contributed by atoms with Crippen LogP contribution in [-0.4, -0.2) is 45.5 Å². The molecule has 3 rings (SSSR count). The number of aromatic amines is 1. The summed E-state index contributed by atoms with van der Waals surface area (Å²) in [5.41, 5.74) is 1.72. The topological polar surface area (TPSA) is 91.0 Å². The van der Waals surface area contributed by atoms with Gasteiger partial charge in [0.2, 0.25) is 0 Å². The molecular formula is C15H17N5O2. The van der Waals surface area contributed by atoms with Crippen molar-refractivity contribution in [1.82, 2.24) is 25.4 Å². The molecule has 7 heteroatoms. The van der Waals surface area contributed by atoms with Gasteiger partial charge in [-0.3, -0.25) is 19.7 Å². The minimum absolute atomic E-state index is 0.0759. The molecule has 0 aromatic carbocycles. The first-order chi connectivity index (χ1) is 10.7. The number of hydrogen-bond acceptors (Lipinski definition) is 4. The number of pyridine rings is 1. The maximum absolute atomic E-state index is 12.7. The fourth-order valence-corrected chi connectivity index (χ4v) is 2.83. The van der Waals surface area contributed by atoms with Crippen molar-refractivity contribution in [3.8, 4) is 0 Å². The van der Waals surface area contributed by atoms with E-state index in [4.69, 9.17) is 0 Å². The minimum Gasteiger partial charge on any atom is -0.355 e. The van der Waals surface area contributed by atoms with E-state index in [0.717, 1.165) is 12.8 Å². The monoisotopic (exact) mass is 299 g/mol. The van der Waals surface area contributed by atoms with Crippen molar-refractivity contribution in [2.45, 2.75) is 18.9 Å². The number of carbonyl (C=O) groups excluding carboxylic acids is 2. The lowest BCUT2D eigenvalue weighted by Gasteiger charge is -2.24. The second-order valence-electron chi connectivity index (χ2n) is 5.17. The fourth-order valence-electron chi connectivity index (χ4n) is 2.83. The number of nitrogens with zero attached hydrogens (tertiary/aromatic N) is 3. The lowest BCUT2D eigenvalue weighted by molar-refractivity contribution is 0.0729. The van der Waals surface area contributed by atoms with E-state index >= 15 is 0 Å². The van der Waals surface area contributed by atoms with Crippen LogP contribution in [0.4, 0.5) is 0 Å². The highest BCUT2D eigenvalue weighted by Crippen LogP contribution is 2.33. The van der Waals surface area contributed by atoms with Crippen LogP contribution in [0.25, 0.3) is 0 Å². The standard InChI is InChI=1S/C15H17N5O2/c1-16-14(21)11-9-18-19-13(11)12-5-3-7-20(12)15(22)10-4-2-6-17-8-10/h2,4,6,8-9,12H,3,5,7H2,1H3,(H,16,21)(H,18,19). The summed E-state index contributed by atoms with van der Waals surface area (Å²) in [5, 5.41) is 9.44. The van der Waals surface area contributed by atoms with Crippen LogP contribution in [0.15, 0.2) is 30.7 Å². The first-order valence-corrected chi connectivity index (χ1v) is 7.18. The summed E-state index contributed by atoms with van der Waals surface area (Å²) in [7, 11) is 1.58. The van der Waals surface area contributed by atoms with Gasteiger partial charge in [0, 0.05) is 26.0 Å². The van der Waals surface area contributed by atoms with Gasteiger partial charge in [0.05, 0.1) is 29.1 Å². The van der Waals surface area contributed by atoms with Gasteiger partial charge >= 0.3 is 0 Å². The molecule has 0 spiro atoms. The van der Waals surface area contributed by atoms with Gasteiger partial charge in [-0.05, 0) is 25.0 Å². The number of rotatable bonds is 3. The van der Waals surface area contributed by atoms with E-state index in [1.165, 1.54) is 6.20 Å². The Morgan fingerprint density at radius 2 is 2.27 bits per heavy atom. The first kappa shape index (κ1) is 14.2. The predicted octanol–water partition coefficient (Wildman–Crippen LogP) is 1.14. The Morgan fingerprint density at radius 1 is 1.41 bits per heavy atom. The van der Waals surface area contributed by atoms with Crippen LogP contribution < -0.4 is 5.32 Å². The second kappa shape index (κ2) is 5.97. The lowest BCUT2D eigenvalue weighted by Crippen LogP contribution is -2.32. The van der Waals surface area contributed by atoms with Gasteiger partial charge in [-0.15, -0.1) is 0 Å². The fraction of sp³-hybridized carbons (Fsp3) is 0.333. The van der Waals surface area contributed by atoms with Crippen molar-refractivity contribution in [2.75, 3.05) is 13.6 Å². The van der Waals surface area contributed by atoms with Crippen molar-refractivity contribution in [3.63, 3.8) is 0 Å². The largest absolute Gasteiger partial charge is 0.355 e. The van der Waals surface area contributed by atoms with E-state index in [-0.39, 0.29) is 17.9 Å². The molecule has 1 fully saturated rings. The third-order valence-electron chi connectivity index (χ3n) is 3.90. The first-order valence-electron chi connectivity index (χ1n) is 7.18. The molecule has 114 valence electrons. The molecule has 1 atom stereocenters. The van der Waals surface area contributed by atoms with E-state index in [1.54, 1.807) is 36.5 Å². The molecule has 0 aliphatic carbocycles. The zero-order valence-corrected chi connectivity index (χ0v) is 12.2. The van der Waals surface area contributed by atoms with E-state index in [9.17, 15) is 9.59 Å². The van der Waals surface area contributed by atoms with Crippen LogP contribution in [0.1, 0.15) is 45.3 Å². The maximum atomic E-state index is 12.7. The molecule has 2 aromatic heterocycles. The van der Waals surface area contributed by atoms with Crippen molar-refractivity contribution in [1.29, 1.82) is 0 Å². The molecule has 0 radical (unpaired) electrons. The molecule has 3 heterocycles. The Labute approximate surface area is 127 Å². The Balaban J connectivity index is 1.90. The van der Waals surface area contributed by atoms with Gasteiger partial charge in [-0.1, -0.05) is 0 Å². The zero-order chi connectivity index (χ0) is 15.5. The highest BCUT2D eigenvalue weighted by molar-refractivity contribution is 5.96. The quantitative estimate of drug-likeness (QED) is 0.889. The highest BCUT2D eigenvalue weighted by atomic mass is 16.2. The van der Waals surface area contributed by atoms with Crippen molar-refractivity contribution < 1.29 is 9.59 Å². The summed E-state index contributed by atoms with van der Waals surface area (Å²) < 4.78 is 0. The lowest BCUT2D eigenvalue weighted by atomic mass is 10.1. The second-order valence-corrected chi connectivity index (χ2v) is 5.17. The molecule has 1 aliphatic heterocycles. The van der Waals surface area contributed by atoms with Crippen molar-refractivity contribution in [2.24, 2.45) is 0 Å². The van der Waals surface area contributed by atoms with Crippen LogP contribution in [0.2, 0.25) is 0 Å². The van der Waals surface area contributed by atoms with Crippen LogP contribution in [0, 0.1) is 0 Å². The summed E-state index contributed by atoms with van der Waals surface area (Å²) >= 11 is 0. The molecule has 1 saturated heterocycles. The molecular weight excluding hydrogens is 282 g/mol. The van der Waals surface area contributed by atoms with Crippen LogP contribution in [-0.2, 0) is 0 Å². The number of H-pyrrole nitrogens is 1. The summed E-state index contributed by atoms with van der Waals surface area (Å²) in [4.78, 5) is 30.3. The molecule has 1 unspecified atom stereocenters. The number of nitrogens with one attached hydrogen (secondary N) is 2. The molecule has 2 aromatic rings. The number of hydrogen-bond donors (Lipinski definition) is 2. The Kier molecular flexibility index (Phi) is 3.86. The summed E-state index contributed by atoms with van der Waals surface area (Å²) in [6.07, 6.45) is 6.39. The molecule has 0 saturated carbocycles. The van der Waals surface area contributed by atoms with Crippen LogP contribution in [0.3, 0.4) is 0 Å². The van der Waals surface area contributed by atoms with E-state index in [0.29, 0.717) is 23.4 Å². The van der Waals surface area contributed by atoms with Gasteiger partial charge < -0.3 is 10.2 Å². The average Bonchev–Trinajstić information content (AvgIpc) is 3.22. The number of likely N-dealkylation sites (tertiary alicyclic amines) is 1.